The Hall–Kier alpha value is -1.52. The number of halogens is 1. The molecule has 0 amide bonds. The third kappa shape index (κ3) is 2.09. The van der Waals surface area contributed by atoms with E-state index in [2.05, 4.69) is 15.2 Å². The second-order valence-electron chi connectivity index (χ2n) is 4.45. The van der Waals surface area contributed by atoms with Crippen LogP contribution in [0.15, 0.2) is 29.1 Å². The quantitative estimate of drug-likeness (QED) is 0.822. The van der Waals surface area contributed by atoms with Crippen LogP contribution >= 0.6 is 11.6 Å². The number of rotatable bonds is 1. The summed E-state index contributed by atoms with van der Waals surface area (Å²) in [6.45, 7) is 3.73. The first-order valence-corrected chi connectivity index (χ1v) is 6.40. The molecule has 1 saturated heterocycles. The highest BCUT2D eigenvalue weighted by Crippen LogP contribution is 2.26. The molecule has 0 atom stereocenters. The van der Waals surface area contributed by atoms with E-state index in [0.717, 1.165) is 42.8 Å². The molecule has 1 aromatic carbocycles. The summed E-state index contributed by atoms with van der Waals surface area (Å²) < 4.78 is 0. The SMILES string of the molecule is O=c1cc(N2CCNCC2)c2ccc(Cl)cc2[nH]1. The number of anilines is 1. The van der Waals surface area contributed by atoms with E-state index < -0.39 is 0 Å². The van der Waals surface area contributed by atoms with Gasteiger partial charge in [-0.15, -0.1) is 0 Å². The first-order chi connectivity index (χ1) is 8.74. The maximum Gasteiger partial charge on any atom is 0.250 e. The van der Waals surface area contributed by atoms with Crippen LogP contribution in [0, 0.1) is 0 Å². The van der Waals surface area contributed by atoms with Crippen LogP contribution in [0.4, 0.5) is 5.69 Å². The molecule has 0 saturated carbocycles. The van der Waals surface area contributed by atoms with Crippen molar-refractivity contribution in [3.63, 3.8) is 0 Å². The first-order valence-electron chi connectivity index (χ1n) is 6.02. The van der Waals surface area contributed by atoms with Crippen LogP contribution in [0.1, 0.15) is 0 Å². The molecule has 1 aliphatic rings. The van der Waals surface area contributed by atoms with Gasteiger partial charge < -0.3 is 15.2 Å². The second-order valence-corrected chi connectivity index (χ2v) is 4.88. The molecule has 1 aromatic heterocycles. The lowest BCUT2D eigenvalue weighted by Crippen LogP contribution is -2.43. The van der Waals surface area contributed by atoms with E-state index in [-0.39, 0.29) is 5.56 Å². The van der Waals surface area contributed by atoms with Gasteiger partial charge in [-0.2, -0.15) is 0 Å². The third-order valence-corrected chi connectivity index (χ3v) is 3.48. The predicted octanol–water partition coefficient (Wildman–Crippen LogP) is 1.59. The van der Waals surface area contributed by atoms with Crippen molar-refractivity contribution >= 4 is 28.2 Å². The summed E-state index contributed by atoms with van der Waals surface area (Å²) in [6.07, 6.45) is 0. The molecule has 3 rings (SSSR count). The van der Waals surface area contributed by atoms with Crippen molar-refractivity contribution in [3.8, 4) is 0 Å². The molecule has 0 bridgehead atoms. The number of nitrogens with zero attached hydrogens (tertiary/aromatic N) is 1. The number of hydrogen-bond donors (Lipinski definition) is 2. The number of fused-ring (bicyclic) bond motifs is 1. The number of pyridine rings is 1. The van der Waals surface area contributed by atoms with Gasteiger partial charge in [-0.25, -0.2) is 0 Å². The van der Waals surface area contributed by atoms with Crippen LogP contribution in [0.2, 0.25) is 5.02 Å². The van der Waals surface area contributed by atoms with Crippen LogP contribution in [0.5, 0.6) is 0 Å². The fourth-order valence-corrected chi connectivity index (χ4v) is 2.55. The molecule has 0 unspecified atom stereocenters. The molecule has 94 valence electrons. The van der Waals surface area contributed by atoms with E-state index >= 15 is 0 Å². The second kappa shape index (κ2) is 4.63. The van der Waals surface area contributed by atoms with Crippen molar-refractivity contribution in [3.05, 3.63) is 39.6 Å². The summed E-state index contributed by atoms with van der Waals surface area (Å²) >= 11 is 5.96. The Morgan fingerprint density at radius 1 is 1.17 bits per heavy atom. The molecule has 0 radical (unpaired) electrons. The summed E-state index contributed by atoms with van der Waals surface area (Å²) in [5, 5.41) is 4.98. The third-order valence-electron chi connectivity index (χ3n) is 3.24. The van der Waals surface area contributed by atoms with Crippen LogP contribution in [-0.2, 0) is 0 Å². The van der Waals surface area contributed by atoms with E-state index in [1.54, 1.807) is 12.1 Å². The molecule has 5 heteroatoms. The topological polar surface area (TPSA) is 48.1 Å². The highest BCUT2D eigenvalue weighted by molar-refractivity contribution is 6.31. The minimum Gasteiger partial charge on any atom is -0.368 e. The number of H-pyrrole nitrogens is 1. The summed E-state index contributed by atoms with van der Waals surface area (Å²) in [5.41, 5.74) is 1.70. The zero-order chi connectivity index (χ0) is 12.5. The molecule has 2 N–H and O–H groups in total. The average Bonchev–Trinajstić information content (AvgIpc) is 2.38. The van der Waals surface area contributed by atoms with E-state index in [1.807, 2.05) is 12.1 Å². The van der Waals surface area contributed by atoms with Gasteiger partial charge in [0.05, 0.1) is 11.2 Å². The summed E-state index contributed by atoms with van der Waals surface area (Å²) in [4.78, 5) is 16.8. The number of aromatic amines is 1. The molecule has 2 heterocycles. The molecule has 2 aromatic rings. The molecule has 4 nitrogen and oxygen atoms in total. The van der Waals surface area contributed by atoms with Crippen molar-refractivity contribution in [1.82, 2.24) is 10.3 Å². The standard InChI is InChI=1S/C13H14ClN3O/c14-9-1-2-10-11(7-9)16-13(18)8-12(10)17-5-3-15-4-6-17/h1-2,7-8,15H,3-6H2,(H,16,18). The van der Waals surface area contributed by atoms with E-state index in [0.29, 0.717) is 5.02 Å². The Kier molecular flexibility index (Phi) is 2.97. The molecule has 1 aliphatic heterocycles. The number of aromatic nitrogens is 1. The van der Waals surface area contributed by atoms with Crippen molar-refractivity contribution in [1.29, 1.82) is 0 Å². The fraction of sp³-hybridized carbons (Fsp3) is 0.308. The number of nitrogens with one attached hydrogen (secondary N) is 2. The normalized spacial score (nSPS) is 16.2. The molecular weight excluding hydrogens is 250 g/mol. The van der Waals surface area contributed by atoms with Gasteiger partial charge in [0.15, 0.2) is 0 Å². The van der Waals surface area contributed by atoms with Gasteiger partial charge in [-0.1, -0.05) is 11.6 Å². The monoisotopic (exact) mass is 263 g/mol. The lowest BCUT2D eigenvalue weighted by molar-refractivity contribution is 0.590. The number of hydrogen-bond acceptors (Lipinski definition) is 3. The largest absolute Gasteiger partial charge is 0.368 e. The lowest BCUT2D eigenvalue weighted by Gasteiger charge is -2.30. The van der Waals surface area contributed by atoms with Gasteiger partial charge in [0.2, 0.25) is 5.56 Å². The Morgan fingerprint density at radius 2 is 1.94 bits per heavy atom. The van der Waals surface area contributed by atoms with Gasteiger partial charge in [-0.3, -0.25) is 4.79 Å². The van der Waals surface area contributed by atoms with Gasteiger partial charge in [-0.05, 0) is 18.2 Å². The Labute approximate surface area is 110 Å². The van der Waals surface area contributed by atoms with Crippen LogP contribution in [-0.4, -0.2) is 31.2 Å². The van der Waals surface area contributed by atoms with E-state index in [4.69, 9.17) is 11.6 Å². The highest BCUT2D eigenvalue weighted by Gasteiger charge is 2.14. The van der Waals surface area contributed by atoms with Crippen molar-refractivity contribution in [2.24, 2.45) is 0 Å². The van der Waals surface area contributed by atoms with Gasteiger partial charge in [0.1, 0.15) is 0 Å². The summed E-state index contributed by atoms with van der Waals surface area (Å²) in [7, 11) is 0. The molecule has 1 fully saturated rings. The van der Waals surface area contributed by atoms with Gasteiger partial charge >= 0.3 is 0 Å². The minimum absolute atomic E-state index is 0.0849. The molecule has 18 heavy (non-hydrogen) atoms. The average molecular weight is 264 g/mol. The van der Waals surface area contributed by atoms with Gasteiger partial charge in [0, 0.05) is 42.7 Å². The number of benzene rings is 1. The zero-order valence-corrected chi connectivity index (χ0v) is 10.6. The summed E-state index contributed by atoms with van der Waals surface area (Å²) in [6, 6.07) is 7.28. The predicted molar refractivity (Wildman–Crippen MR) is 74.7 cm³/mol. The van der Waals surface area contributed by atoms with Crippen LogP contribution < -0.4 is 15.8 Å². The fourth-order valence-electron chi connectivity index (χ4n) is 2.38. The number of piperazine rings is 1. The first kappa shape index (κ1) is 11.6. The smallest absolute Gasteiger partial charge is 0.250 e. The van der Waals surface area contributed by atoms with Gasteiger partial charge in [0.25, 0.3) is 0 Å². The minimum atomic E-state index is -0.0849. The molecule has 0 aliphatic carbocycles. The van der Waals surface area contributed by atoms with Crippen molar-refractivity contribution in [2.75, 3.05) is 31.1 Å². The molecule has 0 spiro atoms. The Morgan fingerprint density at radius 3 is 2.72 bits per heavy atom. The van der Waals surface area contributed by atoms with Crippen LogP contribution in [0.25, 0.3) is 10.9 Å². The Balaban J connectivity index is 2.17. The zero-order valence-electron chi connectivity index (χ0n) is 9.87. The maximum atomic E-state index is 11.7. The maximum absolute atomic E-state index is 11.7. The van der Waals surface area contributed by atoms with E-state index in [9.17, 15) is 4.79 Å². The Bertz CT molecular complexity index is 632. The van der Waals surface area contributed by atoms with E-state index in [1.165, 1.54) is 0 Å². The summed E-state index contributed by atoms with van der Waals surface area (Å²) in [5.74, 6) is 0. The van der Waals surface area contributed by atoms with Crippen LogP contribution in [0.3, 0.4) is 0 Å². The highest BCUT2D eigenvalue weighted by atomic mass is 35.5. The molecular formula is C13H14ClN3O. The lowest BCUT2D eigenvalue weighted by atomic mass is 10.1. The van der Waals surface area contributed by atoms with Crippen molar-refractivity contribution in [2.45, 2.75) is 0 Å². The van der Waals surface area contributed by atoms with Crippen molar-refractivity contribution < 1.29 is 0 Å².